The van der Waals surface area contributed by atoms with Crippen LogP contribution >= 0.6 is 15.9 Å². The summed E-state index contributed by atoms with van der Waals surface area (Å²) in [4.78, 5) is 14.2. The molecule has 0 aliphatic carbocycles. The van der Waals surface area contributed by atoms with E-state index in [9.17, 15) is 22.4 Å². The van der Waals surface area contributed by atoms with Gasteiger partial charge in [0.25, 0.3) is 0 Å². The van der Waals surface area contributed by atoms with E-state index in [0.717, 1.165) is 7.11 Å². The van der Waals surface area contributed by atoms with Crippen molar-refractivity contribution in [2.24, 2.45) is 0 Å². The number of aromatic nitrogens is 1. The first kappa shape index (κ1) is 15.7. The number of carbonyl (C=O) groups excluding carboxylic acids is 1. The zero-order chi connectivity index (χ0) is 14.6. The summed E-state index contributed by atoms with van der Waals surface area (Å²) in [5, 5.41) is -0.135. The molecule has 0 saturated heterocycles. The lowest BCUT2D eigenvalue weighted by molar-refractivity contribution is -0.275. The largest absolute Gasteiger partial charge is 0.573 e. The summed E-state index contributed by atoms with van der Waals surface area (Å²) in [7, 11) is 1.08. The quantitative estimate of drug-likeness (QED) is 0.364. The molecule has 19 heavy (non-hydrogen) atoms. The van der Waals surface area contributed by atoms with Gasteiger partial charge in [-0.05, 0) is 0 Å². The van der Waals surface area contributed by atoms with Crippen molar-refractivity contribution in [2.45, 2.75) is 18.1 Å². The lowest BCUT2D eigenvalue weighted by Gasteiger charge is -2.14. The van der Waals surface area contributed by atoms with Crippen molar-refractivity contribution in [1.82, 2.24) is 4.98 Å². The van der Waals surface area contributed by atoms with Crippen molar-refractivity contribution in [3.63, 3.8) is 0 Å². The van der Waals surface area contributed by atoms with Crippen LogP contribution in [0.25, 0.3) is 0 Å². The maximum absolute atomic E-state index is 13.5. The third-order valence-electron chi connectivity index (χ3n) is 2.11. The molecule has 0 saturated carbocycles. The number of rotatable bonds is 4. The molecule has 4 nitrogen and oxygen atoms in total. The lowest BCUT2D eigenvalue weighted by Crippen LogP contribution is -2.19. The summed E-state index contributed by atoms with van der Waals surface area (Å²) >= 11 is 2.92. The molecule has 0 aromatic carbocycles. The predicted molar refractivity (Wildman–Crippen MR) is 59.2 cm³/mol. The molecule has 0 unspecified atom stereocenters. The van der Waals surface area contributed by atoms with E-state index < -0.39 is 30.4 Å². The van der Waals surface area contributed by atoms with Crippen LogP contribution in [-0.2, 0) is 21.3 Å². The second-order valence-corrected chi connectivity index (χ2v) is 3.87. The van der Waals surface area contributed by atoms with Crippen molar-refractivity contribution in [3.8, 4) is 5.75 Å². The molecule has 0 aliphatic rings. The third-order valence-corrected chi connectivity index (χ3v) is 2.67. The minimum Gasteiger partial charge on any atom is -0.469 e. The molecule has 0 bridgehead atoms. The average Bonchev–Trinajstić information content (AvgIpc) is 2.31. The van der Waals surface area contributed by atoms with Gasteiger partial charge in [-0.3, -0.25) is 4.79 Å². The molecule has 0 spiro atoms. The zero-order valence-electron chi connectivity index (χ0n) is 9.55. The number of hydrogen-bond donors (Lipinski definition) is 0. The summed E-state index contributed by atoms with van der Waals surface area (Å²) in [5.41, 5.74) is -0.444. The van der Waals surface area contributed by atoms with Crippen LogP contribution in [0.1, 0.15) is 11.1 Å². The Hall–Kier alpha value is -1.38. The highest BCUT2D eigenvalue weighted by Crippen LogP contribution is 2.30. The van der Waals surface area contributed by atoms with Gasteiger partial charge in [0.05, 0.1) is 19.7 Å². The number of pyridine rings is 1. The van der Waals surface area contributed by atoms with Crippen LogP contribution in [0.4, 0.5) is 17.6 Å². The number of halogens is 5. The molecule has 0 atom stereocenters. The monoisotopic (exact) mass is 345 g/mol. The van der Waals surface area contributed by atoms with Crippen LogP contribution < -0.4 is 4.74 Å². The van der Waals surface area contributed by atoms with Gasteiger partial charge in [0.2, 0.25) is 5.95 Å². The Morgan fingerprint density at radius 3 is 2.53 bits per heavy atom. The van der Waals surface area contributed by atoms with Crippen molar-refractivity contribution >= 4 is 21.9 Å². The van der Waals surface area contributed by atoms with E-state index in [2.05, 4.69) is 30.4 Å². The van der Waals surface area contributed by atoms with E-state index in [1.165, 1.54) is 0 Å². The number of hydrogen-bond acceptors (Lipinski definition) is 4. The maximum atomic E-state index is 13.5. The van der Waals surface area contributed by atoms with E-state index in [0.29, 0.717) is 6.20 Å². The molecular formula is C10H8BrF4NO3. The summed E-state index contributed by atoms with van der Waals surface area (Å²) in [6.07, 6.45) is -4.86. The Bertz CT molecular complexity index is 479. The molecule has 1 aromatic heterocycles. The number of esters is 1. The molecule has 1 aromatic rings. The number of ether oxygens (including phenoxy) is 2. The first-order valence-corrected chi connectivity index (χ1v) is 5.95. The smallest absolute Gasteiger partial charge is 0.469 e. The van der Waals surface area contributed by atoms with Crippen molar-refractivity contribution in [1.29, 1.82) is 0 Å². The maximum Gasteiger partial charge on any atom is 0.573 e. The second kappa shape index (κ2) is 6.18. The van der Waals surface area contributed by atoms with E-state index in [1.807, 2.05) is 0 Å². The van der Waals surface area contributed by atoms with Gasteiger partial charge in [-0.2, -0.15) is 4.39 Å². The summed E-state index contributed by atoms with van der Waals surface area (Å²) < 4.78 is 58.0. The van der Waals surface area contributed by atoms with Gasteiger partial charge in [-0.25, -0.2) is 4.98 Å². The minimum atomic E-state index is -4.93. The highest BCUT2D eigenvalue weighted by atomic mass is 79.9. The zero-order valence-corrected chi connectivity index (χ0v) is 11.1. The van der Waals surface area contributed by atoms with E-state index in [-0.39, 0.29) is 16.5 Å². The molecule has 0 aliphatic heterocycles. The Morgan fingerprint density at radius 2 is 2.05 bits per heavy atom. The van der Waals surface area contributed by atoms with Gasteiger partial charge in [0.1, 0.15) is 0 Å². The first-order chi connectivity index (χ1) is 8.78. The number of nitrogens with zero attached hydrogens (tertiary/aromatic N) is 1. The van der Waals surface area contributed by atoms with Gasteiger partial charge < -0.3 is 9.47 Å². The summed E-state index contributed by atoms with van der Waals surface area (Å²) in [6, 6.07) is 0. The lowest BCUT2D eigenvalue weighted by atomic mass is 10.1. The van der Waals surface area contributed by atoms with Gasteiger partial charge >= 0.3 is 12.3 Å². The van der Waals surface area contributed by atoms with Crippen LogP contribution in [0.2, 0.25) is 0 Å². The predicted octanol–water partition coefficient (Wildman–Crippen LogP) is 2.73. The highest BCUT2D eigenvalue weighted by Gasteiger charge is 2.33. The normalized spacial score (nSPS) is 11.3. The van der Waals surface area contributed by atoms with E-state index in [1.54, 1.807) is 0 Å². The Labute approximate surface area is 113 Å². The Morgan fingerprint density at radius 1 is 1.42 bits per heavy atom. The summed E-state index contributed by atoms with van der Waals surface area (Å²) in [5.74, 6) is -2.51. The topological polar surface area (TPSA) is 48.4 Å². The highest BCUT2D eigenvalue weighted by molar-refractivity contribution is 9.08. The first-order valence-electron chi connectivity index (χ1n) is 4.83. The van der Waals surface area contributed by atoms with Gasteiger partial charge in [-0.15, -0.1) is 13.2 Å². The third kappa shape index (κ3) is 4.34. The fourth-order valence-corrected chi connectivity index (χ4v) is 1.91. The second-order valence-electron chi connectivity index (χ2n) is 3.30. The molecule has 9 heteroatoms. The summed E-state index contributed by atoms with van der Waals surface area (Å²) in [6.45, 7) is 0. The van der Waals surface area contributed by atoms with Crippen molar-refractivity contribution < 1.29 is 31.8 Å². The number of carbonyl (C=O) groups is 1. The standard InChI is InChI=1S/C10H8BrF4NO3/c1-18-8(17)2-5-6(3-11)7(4-16-9(5)12)19-10(13,14)15/h4H,2-3H2,1H3. The SMILES string of the molecule is COC(=O)Cc1c(F)ncc(OC(F)(F)F)c1CBr. The fraction of sp³-hybridized carbons (Fsp3) is 0.400. The molecule has 106 valence electrons. The molecule has 1 rings (SSSR count). The molecule has 0 fully saturated rings. The Balaban J connectivity index is 3.21. The number of methoxy groups -OCH3 is 1. The number of alkyl halides is 4. The van der Waals surface area contributed by atoms with Crippen molar-refractivity contribution in [3.05, 3.63) is 23.3 Å². The molecule has 0 N–H and O–H groups in total. The minimum absolute atomic E-state index is 0.135. The van der Waals surface area contributed by atoms with Crippen LogP contribution in [0.5, 0.6) is 5.75 Å². The van der Waals surface area contributed by atoms with Gasteiger partial charge in [-0.1, -0.05) is 15.9 Å². The molecule has 0 amide bonds. The van der Waals surface area contributed by atoms with Gasteiger partial charge in [0, 0.05) is 16.5 Å². The molecule has 0 radical (unpaired) electrons. The van der Waals surface area contributed by atoms with Gasteiger partial charge in [0.15, 0.2) is 5.75 Å². The fourth-order valence-electron chi connectivity index (χ4n) is 1.30. The van der Waals surface area contributed by atoms with Crippen LogP contribution in [0.15, 0.2) is 6.20 Å². The Kier molecular flexibility index (Phi) is 5.10. The van der Waals surface area contributed by atoms with Crippen molar-refractivity contribution in [2.75, 3.05) is 7.11 Å². The van der Waals surface area contributed by atoms with Crippen LogP contribution in [0.3, 0.4) is 0 Å². The van der Waals surface area contributed by atoms with Crippen LogP contribution in [0, 0.1) is 5.95 Å². The molecular weight excluding hydrogens is 338 g/mol. The van der Waals surface area contributed by atoms with E-state index in [4.69, 9.17) is 0 Å². The molecule has 1 heterocycles. The van der Waals surface area contributed by atoms with Crippen LogP contribution in [-0.4, -0.2) is 24.4 Å². The average molecular weight is 346 g/mol. The van der Waals surface area contributed by atoms with E-state index >= 15 is 0 Å².